The molecule has 0 spiro atoms. The minimum absolute atomic E-state index is 0.0248. The number of aromatic hydroxyl groups is 1. The van der Waals surface area contributed by atoms with Gasteiger partial charge in [0.05, 0.1) is 29.0 Å². The summed E-state index contributed by atoms with van der Waals surface area (Å²) in [7, 11) is 0. The van der Waals surface area contributed by atoms with Crippen molar-refractivity contribution in [3.05, 3.63) is 67.0 Å². The van der Waals surface area contributed by atoms with E-state index < -0.39 is 16.1 Å². The van der Waals surface area contributed by atoms with E-state index in [9.17, 15) is 24.8 Å². The Bertz CT molecular complexity index is 1020. The third-order valence-corrected chi connectivity index (χ3v) is 5.45. The van der Waals surface area contributed by atoms with Crippen LogP contribution >= 0.6 is 27.7 Å². The van der Waals surface area contributed by atoms with E-state index in [1.165, 1.54) is 6.08 Å². The van der Waals surface area contributed by atoms with E-state index in [1.54, 1.807) is 31.2 Å². The van der Waals surface area contributed by atoms with Crippen molar-refractivity contribution in [3.63, 3.8) is 0 Å². The van der Waals surface area contributed by atoms with E-state index in [1.807, 2.05) is 0 Å². The van der Waals surface area contributed by atoms with Crippen LogP contribution < -0.4 is 4.74 Å². The quantitative estimate of drug-likeness (QED) is 0.363. The van der Waals surface area contributed by atoms with Gasteiger partial charge in [-0.25, -0.2) is 0 Å². The van der Waals surface area contributed by atoms with Gasteiger partial charge in [-0.3, -0.25) is 24.6 Å². The third kappa shape index (κ3) is 4.60. The fourth-order valence-electron chi connectivity index (χ4n) is 2.65. The molecule has 0 bridgehead atoms. The second-order valence-corrected chi connectivity index (χ2v) is 7.88. The first kappa shape index (κ1) is 20.9. The number of halogens is 1. The molecular weight excluding hydrogens is 464 g/mol. The van der Waals surface area contributed by atoms with E-state index in [4.69, 9.17) is 4.74 Å². The highest BCUT2D eigenvalue weighted by molar-refractivity contribution is 9.10. The maximum absolute atomic E-state index is 12.7. The molecule has 0 atom stereocenters. The van der Waals surface area contributed by atoms with Gasteiger partial charge in [-0.05, 0) is 42.5 Å². The topological polar surface area (TPSA) is 110 Å². The standard InChI is InChI=1S/C19H15BrN2O6S/c1-2-28-15-9-14(22(26)27)7-12(17(15)23)8-16-18(24)21(19(25)29-16)10-11-3-5-13(20)6-4-11/h3-9,23H,2,10H2,1H3/b16-8-. The van der Waals surface area contributed by atoms with Crippen molar-refractivity contribution in [1.29, 1.82) is 0 Å². The Morgan fingerprint density at radius 1 is 1.28 bits per heavy atom. The highest BCUT2D eigenvalue weighted by atomic mass is 79.9. The first-order valence-electron chi connectivity index (χ1n) is 8.44. The summed E-state index contributed by atoms with van der Waals surface area (Å²) in [5.41, 5.74) is 0.497. The smallest absolute Gasteiger partial charge is 0.293 e. The molecule has 29 heavy (non-hydrogen) atoms. The number of carbonyl (C=O) groups is 2. The van der Waals surface area contributed by atoms with Crippen molar-refractivity contribution in [1.82, 2.24) is 4.90 Å². The van der Waals surface area contributed by atoms with E-state index in [0.29, 0.717) is 11.8 Å². The number of phenolic OH excluding ortho intramolecular Hbond substituents is 1. The lowest BCUT2D eigenvalue weighted by molar-refractivity contribution is -0.385. The van der Waals surface area contributed by atoms with Crippen molar-refractivity contribution < 1.29 is 24.4 Å². The van der Waals surface area contributed by atoms with Gasteiger partial charge >= 0.3 is 0 Å². The zero-order valence-electron chi connectivity index (χ0n) is 15.1. The summed E-state index contributed by atoms with van der Waals surface area (Å²) in [4.78, 5) is 36.7. The number of ether oxygens (including phenoxy) is 1. The predicted molar refractivity (Wildman–Crippen MR) is 112 cm³/mol. The highest BCUT2D eigenvalue weighted by Gasteiger charge is 2.35. The number of nitrogens with zero attached hydrogens (tertiary/aromatic N) is 2. The Labute approximate surface area is 178 Å². The molecule has 2 aromatic rings. The number of nitro benzene ring substituents is 1. The molecule has 1 aliphatic heterocycles. The molecule has 8 nitrogen and oxygen atoms in total. The van der Waals surface area contributed by atoms with Gasteiger partial charge in [0.25, 0.3) is 16.8 Å². The fraction of sp³-hybridized carbons (Fsp3) is 0.158. The summed E-state index contributed by atoms with van der Waals surface area (Å²) in [5, 5.41) is 21.1. The van der Waals surface area contributed by atoms with Gasteiger partial charge in [-0.2, -0.15) is 0 Å². The molecule has 0 unspecified atom stereocenters. The predicted octanol–water partition coefficient (Wildman–Crippen LogP) is 4.70. The van der Waals surface area contributed by atoms with Gasteiger partial charge in [0.15, 0.2) is 11.5 Å². The lowest BCUT2D eigenvalue weighted by Gasteiger charge is -2.12. The minimum Gasteiger partial charge on any atom is -0.504 e. The average Bonchev–Trinajstić information content (AvgIpc) is 2.94. The van der Waals surface area contributed by atoms with Gasteiger partial charge in [0, 0.05) is 16.1 Å². The van der Waals surface area contributed by atoms with E-state index in [2.05, 4.69) is 15.9 Å². The number of rotatable bonds is 6. The summed E-state index contributed by atoms with van der Waals surface area (Å²) in [5.74, 6) is -0.939. The summed E-state index contributed by atoms with van der Waals surface area (Å²) in [6.45, 7) is 1.96. The Morgan fingerprint density at radius 2 is 1.97 bits per heavy atom. The van der Waals surface area contributed by atoms with Crippen LogP contribution in [0.4, 0.5) is 10.5 Å². The number of phenols is 1. The maximum Gasteiger partial charge on any atom is 0.293 e. The molecule has 10 heteroatoms. The molecule has 0 aromatic heterocycles. The minimum atomic E-state index is -0.626. The molecule has 1 N–H and O–H groups in total. The summed E-state index contributed by atoms with van der Waals surface area (Å²) in [6, 6.07) is 9.42. The molecule has 2 amide bonds. The number of nitro groups is 1. The number of hydrogen-bond acceptors (Lipinski definition) is 7. The normalized spacial score (nSPS) is 15.2. The third-order valence-electron chi connectivity index (χ3n) is 4.01. The summed E-state index contributed by atoms with van der Waals surface area (Å²) < 4.78 is 6.11. The Hall–Kier alpha value is -2.85. The Morgan fingerprint density at radius 3 is 2.59 bits per heavy atom. The van der Waals surface area contributed by atoms with E-state index in [-0.39, 0.29) is 40.8 Å². The molecule has 3 rings (SSSR count). The van der Waals surface area contributed by atoms with Crippen molar-refractivity contribution in [2.24, 2.45) is 0 Å². The Kier molecular flexibility index (Phi) is 6.23. The fourth-order valence-corrected chi connectivity index (χ4v) is 3.74. The first-order valence-corrected chi connectivity index (χ1v) is 10.0. The molecule has 1 aliphatic rings. The van der Waals surface area contributed by atoms with Gasteiger partial charge in [0.1, 0.15) is 0 Å². The van der Waals surface area contributed by atoms with Crippen LogP contribution in [0.25, 0.3) is 6.08 Å². The van der Waals surface area contributed by atoms with Crippen molar-refractivity contribution in [3.8, 4) is 11.5 Å². The van der Waals surface area contributed by atoms with E-state index in [0.717, 1.165) is 27.1 Å². The molecule has 0 saturated carbocycles. The van der Waals surface area contributed by atoms with Crippen LogP contribution in [0.1, 0.15) is 18.1 Å². The molecule has 0 aliphatic carbocycles. The second kappa shape index (κ2) is 8.66. The summed E-state index contributed by atoms with van der Waals surface area (Å²) in [6.07, 6.45) is 1.26. The maximum atomic E-state index is 12.7. The van der Waals surface area contributed by atoms with Crippen molar-refractivity contribution >= 4 is 50.6 Å². The molecule has 1 heterocycles. The van der Waals surface area contributed by atoms with Crippen LogP contribution in [-0.2, 0) is 11.3 Å². The number of imide groups is 1. The molecule has 150 valence electrons. The van der Waals surface area contributed by atoms with Crippen molar-refractivity contribution in [2.75, 3.05) is 6.61 Å². The van der Waals surface area contributed by atoms with Crippen LogP contribution in [0.5, 0.6) is 11.5 Å². The number of amides is 2. The van der Waals surface area contributed by atoms with Crippen LogP contribution in [0, 0.1) is 10.1 Å². The van der Waals surface area contributed by atoms with E-state index >= 15 is 0 Å². The first-order chi connectivity index (χ1) is 13.8. The SMILES string of the molecule is CCOc1cc([N+](=O)[O-])cc(/C=C2\SC(=O)N(Cc3ccc(Br)cc3)C2=O)c1O. The van der Waals surface area contributed by atoms with Crippen LogP contribution in [0.2, 0.25) is 0 Å². The van der Waals surface area contributed by atoms with Gasteiger partial charge < -0.3 is 9.84 Å². The molecule has 2 aromatic carbocycles. The zero-order chi connectivity index (χ0) is 21.1. The van der Waals surface area contributed by atoms with Gasteiger partial charge in [-0.15, -0.1) is 0 Å². The summed E-state index contributed by atoms with van der Waals surface area (Å²) >= 11 is 4.03. The number of hydrogen-bond donors (Lipinski definition) is 1. The van der Waals surface area contributed by atoms with Crippen LogP contribution in [0.15, 0.2) is 45.8 Å². The average molecular weight is 479 g/mol. The number of thioether (sulfide) groups is 1. The number of non-ortho nitro benzene ring substituents is 1. The number of carbonyl (C=O) groups excluding carboxylic acids is 2. The van der Waals surface area contributed by atoms with Crippen molar-refractivity contribution in [2.45, 2.75) is 13.5 Å². The lowest BCUT2D eigenvalue weighted by Crippen LogP contribution is -2.27. The molecule has 1 saturated heterocycles. The molecule has 1 fully saturated rings. The monoisotopic (exact) mass is 478 g/mol. The number of benzene rings is 2. The lowest BCUT2D eigenvalue weighted by atomic mass is 10.1. The Balaban J connectivity index is 1.92. The van der Waals surface area contributed by atoms with Crippen LogP contribution in [0.3, 0.4) is 0 Å². The highest BCUT2D eigenvalue weighted by Crippen LogP contribution is 2.39. The van der Waals surface area contributed by atoms with Crippen LogP contribution in [-0.4, -0.2) is 32.7 Å². The zero-order valence-corrected chi connectivity index (χ0v) is 17.5. The van der Waals surface area contributed by atoms with Gasteiger partial charge in [0.2, 0.25) is 0 Å². The largest absolute Gasteiger partial charge is 0.504 e. The van der Waals surface area contributed by atoms with Gasteiger partial charge in [-0.1, -0.05) is 28.1 Å². The molecular formula is C19H15BrN2O6S. The second-order valence-electron chi connectivity index (χ2n) is 5.97. The molecule has 0 radical (unpaired) electrons.